The number of hydrazone groups is 1. The van der Waals surface area contributed by atoms with E-state index in [1.165, 1.54) is 0 Å². The van der Waals surface area contributed by atoms with Crippen LogP contribution in [0.4, 0.5) is 13.2 Å². The molecule has 0 spiro atoms. The number of hydrogen-bond acceptors (Lipinski definition) is 4. The highest BCUT2D eigenvalue weighted by Crippen LogP contribution is 2.41. The van der Waals surface area contributed by atoms with Crippen molar-refractivity contribution in [3.05, 3.63) is 29.3 Å². The second-order valence-corrected chi connectivity index (χ2v) is 7.45. The Hall–Kier alpha value is -2.09. The van der Waals surface area contributed by atoms with Crippen molar-refractivity contribution >= 4 is 11.6 Å². The molecule has 1 aliphatic heterocycles. The first-order valence-electron chi connectivity index (χ1n) is 9.41. The molecule has 1 aliphatic rings. The maximum atomic E-state index is 13.5. The van der Waals surface area contributed by atoms with Gasteiger partial charge in [0, 0.05) is 12.1 Å². The van der Waals surface area contributed by atoms with Gasteiger partial charge >= 0.3 is 6.18 Å². The number of carbonyl (C=O) groups excluding carboxylic acids is 1. The van der Waals surface area contributed by atoms with Gasteiger partial charge in [0.25, 0.3) is 11.6 Å². The van der Waals surface area contributed by atoms with Crippen molar-refractivity contribution < 1.29 is 27.8 Å². The number of unbranched alkanes of at least 4 members (excludes halogenated alkanes) is 1. The average Bonchev–Trinajstić information content (AvgIpc) is 2.95. The smallest absolute Gasteiger partial charge is 0.438 e. The third kappa shape index (κ3) is 4.66. The minimum absolute atomic E-state index is 0.114. The number of amides is 1. The lowest BCUT2D eigenvalue weighted by atomic mass is 10.0. The fourth-order valence-electron chi connectivity index (χ4n) is 3.06. The summed E-state index contributed by atoms with van der Waals surface area (Å²) < 4.78 is 46.0. The van der Waals surface area contributed by atoms with Crippen LogP contribution in [0.1, 0.15) is 63.5 Å². The van der Waals surface area contributed by atoms with Crippen LogP contribution in [-0.4, -0.2) is 40.2 Å². The Balaban J connectivity index is 2.21. The number of aliphatic hydroxyl groups is 1. The van der Waals surface area contributed by atoms with E-state index in [1.807, 2.05) is 39.8 Å². The molecule has 2 rings (SSSR count). The van der Waals surface area contributed by atoms with E-state index in [-0.39, 0.29) is 16.6 Å². The summed E-state index contributed by atoms with van der Waals surface area (Å²) in [4.78, 5) is 12.5. The molecule has 1 N–H and O–H groups in total. The van der Waals surface area contributed by atoms with Gasteiger partial charge in [-0.3, -0.25) is 4.79 Å². The molecule has 1 atom stereocenters. The van der Waals surface area contributed by atoms with Crippen molar-refractivity contribution in [3.8, 4) is 5.75 Å². The second-order valence-electron chi connectivity index (χ2n) is 7.45. The quantitative estimate of drug-likeness (QED) is 0.732. The van der Waals surface area contributed by atoms with E-state index in [0.717, 1.165) is 17.5 Å². The molecule has 1 heterocycles. The third-order valence-electron chi connectivity index (χ3n) is 4.69. The predicted octanol–water partition coefficient (Wildman–Crippen LogP) is 4.53. The summed E-state index contributed by atoms with van der Waals surface area (Å²) in [6.07, 6.45) is -4.05. The Morgan fingerprint density at radius 1 is 1.39 bits per heavy atom. The molecule has 5 nitrogen and oxygen atoms in total. The van der Waals surface area contributed by atoms with E-state index in [9.17, 15) is 23.1 Å². The predicted molar refractivity (Wildman–Crippen MR) is 100 cm³/mol. The molecule has 0 radical (unpaired) electrons. The molecule has 0 saturated heterocycles. The molecule has 156 valence electrons. The first-order valence-corrected chi connectivity index (χ1v) is 9.41. The minimum atomic E-state index is -5.02. The molecule has 0 bridgehead atoms. The van der Waals surface area contributed by atoms with E-state index < -0.39 is 30.8 Å². The lowest BCUT2D eigenvalue weighted by molar-refractivity contribution is -0.302. The summed E-state index contributed by atoms with van der Waals surface area (Å²) in [6.45, 7) is 7.01. The van der Waals surface area contributed by atoms with Crippen molar-refractivity contribution in [2.24, 2.45) is 5.10 Å². The zero-order valence-electron chi connectivity index (χ0n) is 16.6. The van der Waals surface area contributed by atoms with Gasteiger partial charge in [0.1, 0.15) is 5.75 Å². The van der Waals surface area contributed by atoms with Crippen LogP contribution in [0.2, 0.25) is 0 Å². The Morgan fingerprint density at radius 2 is 2.07 bits per heavy atom. The third-order valence-corrected chi connectivity index (χ3v) is 4.69. The summed E-state index contributed by atoms with van der Waals surface area (Å²) in [5.41, 5.74) is -1.42. The van der Waals surface area contributed by atoms with Crippen molar-refractivity contribution in [2.45, 2.75) is 71.2 Å². The summed E-state index contributed by atoms with van der Waals surface area (Å²) in [7, 11) is 0. The highest BCUT2D eigenvalue weighted by atomic mass is 19.4. The summed E-state index contributed by atoms with van der Waals surface area (Å²) >= 11 is 0. The maximum absolute atomic E-state index is 13.5. The number of carbonyl (C=O) groups is 1. The highest BCUT2D eigenvalue weighted by Gasteiger charge is 2.63. The lowest BCUT2D eigenvalue weighted by Gasteiger charge is -2.32. The number of ether oxygens (including phenoxy) is 1. The maximum Gasteiger partial charge on any atom is 0.438 e. The van der Waals surface area contributed by atoms with Gasteiger partial charge < -0.3 is 9.84 Å². The van der Waals surface area contributed by atoms with Crippen molar-refractivity contribution in [1.82, 2.24) is 5.01 Å². The largest absolute Gasteiger partial charge is 0.483 e. The van der Waals surface area contributed by atoms with Crippen LogP contribution >= 0.6 is 0 Å². The molecule has 0 unspecified atom stereocenters. The van der Waals surface area contributed by atoms with Crippen LogP contribution in [0, 0.1) is 6.92 Å². The van der Waals surface area contributed by atoms with Crippen LogP contribution < -0.4 is 4.74 Å². The van der Waals surface area contributed by atoms with Gasteiger partial charge in [-0.1, -0.05) is 39.3 Å². The van der Waals surface area contributed by atoms with Crippen molar-refractivity contribution in [1.29, 1.82) is 0 Å². The topological polar surface area (TPSA) is 62.1 Å². The van der Waals surface area contributed by atoms with Crippen LogP contribution in [0.15, 0.2) is 23.3 Å². The first kappa shape index (κ1) is 22.2. The van der Waals surface area contributed by atoms with Gasteiger partial charge in [-0.15, -0.1) is 0 Å². The number of rotatable bonds is 7. The van der Waals surface area contributed by atoms with Crippen LogP contribution in [0.5, 0.6) is 5.75 Å². The van der Waals surface area contributed by atoms with Crippen LogP contribution in [-0.2, 0) is 4.79 Å². The first-order chi connectivity index (χ1) is 13.0. The molecule has 0 aliphatic carbocycles. The van der Waals surface area contributed by atoms with Crippen molar-refractivity contribution in [2.75, 3.05) is 6.61 Å². The number of benzene rings is 1. The molecule has 28 heavy (non-hydrogen) atoms. The molecule has 0 saturated carbocycles. The highest BCUT2D eigenvalue weighted by molar-refractivity contribution is 5.91. The van der Waals surface area contributed by atoms with Gasteiger partial charge in [0.15, 0.2) is 6.61 Å². The van der Waals surface area contributed by atoms with Crippen LogP contribution in [0.25, 0.3) is 0 Å². The standard InChI is InChI=1S/C20H27F3N2O3/c1-5-6-7-15-11-19(27,20(21,22)23)25(24-15)18(26)12-28-17-10-14(4)8-9-16(17)13(2)3/h8-10,13,27H,5-7,11-12H2,1-4H3/t19-/m0/s1. The van der Waals surface area contributed by atoms with Crippen LogP contribution in [0.3, 0.4) is 0 Å². The van der Waals surface area contributed by atoms with E-state index in [2.05, 4.69) is 5.10 Å². The number of nitrogens with zero attached hydrogens (tertiary/aromatic N) is 2. The molecule has 0 aromatic heterocycles. The number of aryl methyl sites for hydroxylation is 1. The second kappa shape index (κ2) is 8.51. The Kier molecular flexibility index (Phi) is 6.75. The van der Waals surface area contributed by atoms with Gasteiger partial charge in [-0.2, -0.15) is 23.3 Å². The molecular formula is C20H27F3N2O3. The monoisotopic (exact) mass is 400 g/mol. The molecule has 0 fully saturated rings. The number of alkyl halides is 3. The minimum Gasteiger partial charge on any atom is -0.483 e. The lowest BCUT2D eigenvalue weighted by Crippen LogP contribution is -2.57. The van der Waals surface area contributed by atoms with E-state index in [4.69, 9.17) is 4.74 Å². The van der Waals surface area contributed by atoms with E-state index in [1.54, 1.807) is 6.07 Å². The van der Waals surface area contributed by atoms with Crippen molar-refractivity contribution in [3.63, 3.8) is 0 Å². The summed E-state index contributed by atoms with van der Waals surface area (Å²) in [6, 6.07) is 5.50. The fraction of sp³-hybridized carbons (Fsp3) is 0.600. The number of hydrogen-bond donors (Lipinski definition) is 1. The Morgan fingerprint density at radius 3 is 2.64 bits per heavy atom. The van der Waals surface area contributed by atoms with E-state index in [0.29, 0.717) is 18.6 Å². The Labute approximate surface area is 163 Å². The normalized spacial score (nSPS) is 19.9. The zero-order valence-corrected chi connectivity index (χ0v) is 16.6. The van der Waals surface area contributed by atoms with Gasteiger partial charge in [0.2, 0.25) is 0 Å². The zero-order chi connectivity index (χ0) is 21.1. The molecule has 1 aromatic carbocycles. The van der Waals surface area contributed by atoms with Gasteiger partial charge in [0.05, 0.1) is 0 Å². The number of halogens is 3. The van der Waals surface area contributed by atoms with E-state index >= 15 is 0 Å². The molecule has 1 aromatic rings. The molecule has 8 heteroatoms. The average molecular weight is 400 g/mol. The summed E-state index contributed by atoms with van der Waals surface area (Å²) in [5, 5.41) is 14.1. The fourth-order valence-corrected chi connectivity index (χ4v) is 3.06. The Bertz CT molecular complexity index is 747. The molecular weight excluding hydrogens is 373 g/mol. The van der Waals surface area contributed by atoms with Gasteiger partial charge in [-0.05, 0) is 42.9 Å². The molecule has 1 amide bonds. The SMILES string of the molecule is CCCCC1=NN(C(=O)COc2cc(C)ccc2C(C)C)[C@@](O)(C(F)(F)F)C1. The summed E-state index contributed by atoms with van der Waals surface area (Å²) in [5.74, 6) is -0.487. The van der Waals surface area contributed by atoms with Gasteiger partial charge in [-0.25, -0.2) is 0 Å².